The van der Waals surface area contributed by atoms with Gasteiger partial charge in [0.25, 0.3) is 0 Å². The SMILES string of the molecule is CNc1ncnc2ncn(C[C@H](O)COc3ccc(Cl)cc3)c12. The number of halogens is 1. The van der Waals surface area contributed by atoms with Gasteiger partial charge in [0.2, 0.25) is 0 Å². The molecule has 0 aliphatic heterocycles. The first-order valence-electron chi connectivity index (χ1n) is 7.07. The largest absolute Gasteiger partial charge is 0.491 e. The predicted octanol–water partition coefficient (Wildman–Crippen LogP) is 1.96. The number of benzene rings is 1. The minimum absolute atomic E-state index is 0.157. The Hall–Kier alpha value is -2.38. The lowest BCUT2D eigenvalue weighted by atomic mass is 10.3. The van der Waals surface area contributed by atoms with Crippen molar-refractivity contribution in [3.8, 4) is 5.75 Å². The fourth-order valence-corrected chi connectivity index (χ4v) is 2.36. The third-order valence-corrected chi connectivity index (χ3v) is 3.56. The number of fused-ring (bicyclic) bond motifs is 1. The number of nitrogens with one attached hydrogen (secondary N) is 1. The fourth-order valence-electron chi connectivity index (χ4n) is 2.23. The van der Waals surface area contributed by atoms with E-state index < -0.39 is 6.10 Å². The van der Waals surface area contributed by atoms with Crippen LogP contribution in [-0.4, -0.2) is 44.4 Å². The highest BCUT2D eigenvalue weighted by atomic mass is 35.5. The third-order valence-electron chi connectivity index (χ3n) is 3.31. The van der Waals surface area contributed by atoms with Gasteiger partial charge in [0.15, 0.2) is 11.5 Å². The molecule has 2 aromatic heterocycles. The van der Waals surface area contributed by atoms with E-state index in [0.717, 1.165) is 5.52 Å². The molecule has 8 heteroatoms. The first-order valence-corrected chi connectivity index (χ1v) is 7.45. The molecule has 2 heterocycles. The number of aliphatic hydroxyl groups is 1. The van der Waals surface area contributed by atoms with E-state index in [2.05, 4.69) is 20.3 Å². The van der Waals surface area contributed by atoms with Crippen LogP contribution in [0.1, 0.15) is 0 Å². The zero-order valence-electron chi connectivity index (χ0n) is 12.5. The molecule has 0 saturated carbocycles. The van der Waals surface area contributed by atoms with Gasteiger partial charge in [0.1, 0.15) is 30.3 Å². The molecule has 0 amide bonds. The molecular formula is C15H16ClN5O2. The summed E-state index contributed by atoms with van der Waals surface area (Å²) in [4.78, 5) is 12.5. The summed E-state index contributed by atoms with van der Waals surface area (Å²) in [5.41, 5.74) is 1.33. The Kier molecular flexibility index (Phi) is 4.59. The third kappa shape index (κ3) is 3.52. The molecule has 2 N–H and O–H groups in total. The predicted molar refractivity (Wildman–Crippen MR) is 87.8 cm³/mol. The highest BCUT2D eigenvalue weighted by molar-refractivity contribution is 6.30. The molecule has 0 saturated heterocycles. The topological polar surface area (TPSA) is 85.1 Å². The lowest BCUT2D eigenvalue weighted by Gasteiger charge is -2.14. The molecule has 0 aliphatic carbocycles. The Labute approximate surface area is 137 Å². The minimum Gasteiger partial charge on any atom is -0.491 e. The molecule has 0 fully saturated rings. The van der Waals surface area contributed by atoms with Crippen LogP contribution in [0, 0.1) is 0 Å². The second-order valence-corrected chi connectivity index (χ2v) is 5.40. The molecule has 120 valence electrons. The molecule has 3 rings (SSSR count). The van der Waals surface area contributed by atoms with Crippen LogP contribution in [0.15, 0.2) is 36.9 Å². The number of anilines is 1. The van der Waals surface area contributed by atoms with E-state index in [-0.39, 0.29) is 6.61 Å². The molecule has 1 atom stereocenters. The van der Waals surface area contributed by atoms with Gasteiger partial charge in [-0.25, -0.2) is 15.0 Å². The minimum atomic E-state index is -0.701. The van der Waals surface area contributed by atoms with Crippen LogP contribution in [0.5, 0.6) is 5.75 Å². The number of nitrogens with zero attached hydrogens (tertiary/aromatic N) is 4. The number of imidazole rings is 1. The van der Waals surface area contributed by atoms with E-state index in [1.54, 1.807) is 42.2 Å². The maximum atomic E-state index is 10.2. The van der Waals surface area contributed by atoms with E-state index >= 15 is 0 Å². The van der Waals surface area contributed by atoms with E-state index in [1.807, 2.05) is 0 Å². The average molecular weight is 334 g/mol. The molecular weight excluding hydrogens is 318 g/mol. The smallest absolute Gasteiger partial charge is 0.182 e. The maximum Gasteiger partial charge on any atom is 0.182 e. The standard InChI is InChI=1S/C15H16ClN5O2/c1-17-14-13-15(19-8-18-14)20-9-21(13)6-11(22)7-23-12-4-2-10(16)3-5-12/h2-5,8-9,11,22H,6-7H2,1H3,(H,17,18,19)/t11-/m0/s1. The van der Waals surface area contributed by atoms with Crippen molar-refractivity contribution in [3.05, 3.63) is 41.9 Å². The van der Waals surface area contributed by atoms with Crippen molar-refractivity contribution < 1.29 is 9.84 Å². The molecule has 0 spiro atoms. The van der Waals surface area contributed by atoms with Crippen LogP contribution < -0.4 is 10.1 Å². The first kappa shape index (κ1) is 15.5. The summed E-state index contributed by atoms with van der Waals surface area (Å²) < 4.78 is 7.35. The van der Waals surface area contributed by atoms with Gasteiger partial charge in [-0.3, -0.25) is 0 Å². The van der Waals surface area contributed by atoms with Gasteiger partial charge in [0, 0.05) is 12.1 Å². The molecule has 0 radical (unpaired) electrons. The van der Waals surface area contributed by atoms with Gasteiger partial charge in [-0.1, -0.05) is 11.6 Å². The Morgan fingerprint density at radius 3 is 2.78 bits per heavy atom. The summed E-state index contributed by atoms with van der Waals surface area (Å²) in [5.74, 6) is 1.32. The molecule has 1 aromatic carbocycles. The van der Waals surface area contributed by atoms with Crippen LogP contribution in [0.4, 0.5) is 5.82 Å². The molecule has 0 aliphatic rings. The molecule has 0 bridgehead atoms. The van der Waals surface area contributed by atoms with E-state index in [1.165, 1.54) is 6.33 Å². The van der Waals surface area contributed by atoms with Crippen molar-refractivity contribution in [1.82, 2.24) is 19.5 Å². The van der Waals surface area contributed by atoms with Crippen LogP contribution >= 0.6 is 11.6 Å². The van der Waals surface area contributed by atoms with Gasteiger partial charge in [-0.2, -0.15) is 0 Å². The highest BCUT2D eigenvalue weighted by Gasteiger charge is 2.13. The maximum absolute atomic E-state index is 10.2. The van der Waals surface area contributed by atoms with Gasteiger partial charge in [-0.05, 0) is 24.3 Å². The lowest BCUT2D eigenvalue weighted by Crippen LogP contribution is -2.23. The first-order chi connectivity index (χ1) is 11.2. The quantitative estimate of drug-likeness (QED) is 0.717. The molecule has 3 aromatic rings. The summed E-state index contributed by atoms with van der Waals surface area (Å²) >= 11 is 5.82. The molecule has 7 nitrogen and oxygen atoms in total. The fraction of sp³-hybridized carbons (Fsp3) is 0.267. The van der Waals surface area contributed by atoms with Crippen molar-refractivity contribution in [2.45, 2.75) is 12.6 Å². The Balaban J connectivity index is 1.68. The lowest BCUT2D eigenvalue weighted by molar-refractivity contribution is 0.0934. The summed E-state index contributed by atoms with van der Waals surface area (Å²) in [6.45, 7) is 0.482. The number of ether oxygens (including phenoxy) is 1. The number of rotatable bonds is 6. The second-order valence-electron chi connectivity index (χ2n) is 4.96. The van der Waals surface area contributed by atoms with Crippen molar-refractivity contribution in [2.75, 3.05) is 19.0 Å². The van der Waals surface area contributed by atoms with Crippen LogP contribution in [0.3, 0.4) is 0 Å². The number of aliphatic hydroxyl groups excluding tert-OH is 1. The van der Waals surface area contributed by atoms with Crippen LogP contribution in [-0.2, 0) is 6.54 Å². The van der Waals surface area contributed by atoms with Gasteiger partial charge in [-0.15, -0.1) is 0 Å². The van der Waals surface area contributed by atoms with Crippen molar-refractivity contribution in [3.63, 3.8) is 0 Å². The average Bonchev–Trinajstić information content (AvgIpc) is 2.97. The number of hydrogen-bond acceptors (Lipinski definition) is 6. The summed E-state index contributed by atoms with van der Waals surface area (Å²) in [7, 11) is 1.78. The van der Waals surface area contributed by atoms with Gasteiger partial charge < -0.3 is 19.7 Å². The second kappa shape index (κ2) is 6.80. The number of hydrogen-bond donors (Lipinski definition) is 2. The Bertz CT molecular complexity index is 790. The summed E-state index contributed by atoms with van der Waals surface area (Å²) in [6, 6.07) is 7.00. The van der Waals surface area contributed by atoms with E-state index in [4.69, 9.17) is 16.3 Å². The van der Waals surface area contributed by atoms with E-state index in [9.17, 15) is 5.11 Å². The van der Waals surface area contributed by atoms with E-state index in [0.29, 0.717) is 28.8 Å². The van der Waals surface area contributed by atoms with Crippen LogP contribution in [0.25, 0.3) is 11.2 Å². The summed E-state index contributed by atoms with van der Waals surface area (Å²) in [6.07, 6.45) is 2.38. The highest BCUT2D eigenvalue weighted by Crippen LogP contribution is 2.19. The van der Waals surface area contributed by atoms with Crippen molar-refractivity contribution >= 4 is 28.6 Å². The summed E-state index contributed by atoms with van der Waals surface area (Å²) in [5, 5.41) is 13.8. The Morgan fingerprint density at radius 2 is 2.04 bits per heavy atom. The van der Waals surface area contributed by atoms with Gasteiger partial charge >= 0.3 is 0 Å². The van der Waals surface area contributed by atoms with Gasteiger partial charge in [0.05, 0.1) is 12.9 Å². The number of aromatic nitrogens is 4. The van der Waals surface area contributed by atoms with Crippen molar-refractivity contribution in [1.29, 1.82) is 0 Å². The zero-order chi connectivity index (χ0) is 16.2. The zero-order valence-corrected chi connectivity index (χ0v) is 13.2. The van der Waals surface area contributed by atoms with Crippen molar-refractivity contribution in [2.24, 2.45) is 0 Å². The van der Waals surface area contributed by atoms with Crippen LogP contribution in [0.2, 0.25) is 5.02 Å². The molecule has 23 heavy (non-hydrogen) atoms. The monoisotopic (exact) mass is 333 g/mol. The Morgan fingerprint density at radius 1 is 1.26 bits per heavy atom. The normalized spacial score (nSPS) is 12.3. The molecule has 0 unspecified atom stereocenters.